The summed E-state index contributed by atoms with van der Waals surface area (Å²) < 4.78 is 16.3. The van der Waals surface area contributed by atoms with Crippen LogP contribution < -0.4 is 19.1 Å². The second-order valence-corrected chi connectivity index (χ2v) is 6.39. The third-order valence-corrected chi connectivity index (χ3v) is 5.15. The van der Waals surface area contributed by atoms with Crippen LogP contribution in [0.15, 0.2) is 24.3 Å². The largest absolute Gasteiger partial charge is 0.504 e. The van der Waals surface area contributed by atoms with Crippen molar-refractivity contribution in [1.29, 1.82) is 0 Å². The zero-order chi connectivity index (χ0) is 17.6. The van der Waals surface area contributed by atoms with Crippen LogP contribution in [0.2, 0.25) is 0 Å². The number of nitrogens with one attached hydrogen (secondary N) is 1. The summed E-state index contributed by atoms with van der Waals surface area (Å²) in [7, 11) is 4.93. The van der Waals surface area contributed by atoms with Crippen molar-refractivity contribution in [3.8, 4) is 23.0 Å². The van der Waals surface area contributed by atoms with Crippen molar-refractivity contribution in [2.75, 3.05) is 27.9 Å². The van der Waals surface area contributed by atoms with Gasteiger partial charge in [0.15, 0.2) is 23.0 Å². The molecule has 0 amide bonds. The van der Waals surface area contributed by atoms with Gasteiger partial charge >= 0.3 is 0 Å². The Morgan fingerprint density at radius 1 is 1.00 bits per heavy atom. The summed E-state index contributed by atoms with van der Waals surface area (Å²) in [5.74, 6) is 2.29. The van der Waals surface area contributed by atoms with Crippen molar-refractivity contribution in [3.05, 3.63) is 46.5 Å². The third-order valence-electron chi connectivity index (χ3n) is 5.15. The normalized spacial score (nSPS) is 17.7. The number of phenols is 1. The minimum atomic E-state index is 0.182. The molecule has 0 fully saturated rings. The van der Waals surface area contributed by atoms with E-state index in [2.05, 4.69) is 12.1 Å². The average molecular weight is 340 g/mol. The molecule has 25 heavy (non-hydrogen) atoms. The maximum atomic E-state index is 10.2. The molecular weight excluding hydrogens is 318 g/mol. The number of rotatable bonds is 3. The number of ether oxygens (including phenoxy) is 3. The molecule has 1 atom stereocenters. The van der Waals surface area contributed by atoms with Gasteiger partial charge in [-0.2, -0.15) is 0 Å². The van der Waals surface area contributed by atoms with E-state index in [1.54, 1.807) is 21.3 Å². The van der Waals surface area contributed by atoms with Gasteiger partial charge in [0, 0.05) is 18.1 Å². The summed E-state index contributed by atoms with van der Waals surface area (Å²) in [5.41, 5.74) is 5.83. The van der Waals surface area contributed by atoms with Crippen LogP contribution in [0.4, 0.5) is 0 Å². The van der Waals surface area contributed by atoms with Crippen molar-refractivity contribution in [1.82, 2.24) is 0 Å². The van der Waals surface area contributed by atoms with Gasteiger partial charge in [0.2, 0.25) is 0 Å². The molecule has 2 aromatic rings. The van der Waals surface area contributed by atoms with Crippen molar-refractivity contribution in [2.24, 2.45) is 0 Å². The molecule has 0 aliphatic carbocycles. The van der Waals surface area contributed by atoms with Crippen molar-refractivity contribution in [2.45, 2.75) is 13.0 Å². The number of fused-ring (bicyclic) bond motifs is 4. The first-order chi connectivity index (χ1) is 12.2. The van der Waals surface area contributed by atoms with E-state index in [-0.39, 0.29) is 5.75 Å². The van der Waals surface area contributed by atoms with Crippen LogP contribution >= 0.6 is 0 Å². The lowest BCUT2D eigenvalue weighted by Crippen LogP contribution is -3.09. The lowest BCUT2D eigenvalue weighted by molar-refractivity contribution is -0.841. The first-order valence-corrected chi connectivity index (χ1v) is 8.37. The number of phenolic OH excluding ortho intramolecular Hbond substituents is 1. The molecule has 2 heterocycles. The van der Waals surface area contributed by atoms with Gasteiger partial charge in [0.05, 0.1) is 33.4 Å². The topological polar surface area (TPSA) is 52.4 Å². The number of hydrogen-bond donors (Lipinski definition) is 2. The third kappa shape index (κ3) is 2.43. The van der Waals surface area contributed by atoms with E-state index in [4.69, 9.17) is 14.2 Å². The molecule has 0 radical (unpaired) electrons. The Morgan fingerprint density at radius 3 is 2.52 bits per heavy atom. The molecule has 2 aliphatic heterocycles. The average Bonchev–Trinajstić information content (AvgIpc) is 2.65. The number of aromatic hydroxyl groups is 1. The van der Waals surface area contributed by atoms with Crippen molar-refractivity contribution < 1.29 is 24.2 Å². The highest BCUT2D eigenvalue weighted by Crippen LogP contribution is 2.38. The first kappa shape index (κ1) is 15.8. The molecule has 5 nitrogen and oxygen atoms in total. The Labute approximate surface area is 147 Å². The second-order valence-electron chi connectivity index (χ2n) is 6.39. The Hall–Kier alpha value is -2.66. The summed E-state index contributed by atoms with van der Waals surface area (Å²) in [6.07, 6.45) is 3.14. The van der Waals surface area contributed by atoms with Gasteiger partial charge in [-0.3, -0.25) is 4.90 Å². The maximum absolute atomic E-state index is 10.2. The van der Waals surface area contributed by atoms with Gasteiger partial charge < -0.3 is 19.3 Å². The molecule has 1 unspecified atom stereocenters. The Kier molecular flexibility index (Phi) is 3.81. The van der Waals surface area contributed by atoms with Gasteiger partial charge in [-0.15, -0.1) is 0 Å². The quantitative estimate of drug-likeness (QED) is 0.896. The summed E-state index contributed by atoms with van der Waals surface area (Å²) in [4.78, 5) is 1.37. The van der Waals surface area contributed by atoms with Crippen molar-refractivity contribution in [3.63, 3.8) is 0 Å². The van der Waals surface area contributed by atoms with Crippen LogP contribution in [-0.4, -0.2) is 33.0 Å². The number of quaternary nitrogens is 1. The highest BCUT2D eigenvalue weighted by atomic mass is 16.5. The maximum Gasteiger partial charge on any atom is 0.170 e. The Morgan fingerprint density at radius 2 is 1.80 bits per heavy atom. The summed E-state index contributed by atoms with van der Waals surface area (Å²) in [6.45, 7) is 1.83. The first-order valence-electron chi connectivity index (χ1n) is 8.37. The SMILES string of the molecule is COc1cc2c(cc1O)C1=Cc3ccc(OC)c(OC)c3C[NH+]1CC2. The number of methoxy groups -OCH3 is 3. The Bertz CT molecular complexity index is 872. The smallest absolute Gasteiger partial charge is 0.170 e. The molecule has 130 valence electrons. The van der Waals surface area contributed by atoms with Crippen LogP contribution in [0.1, 0.15) is 22.3 Å². The van der Waals surface area contributed by atoms with E-state index in [1.165, 1.54) is 21.7 Å². The van der Waals surface area contributed by atoms with Gasteiger partial charge in [-0.05, 0) is 29.3 Å². The molecule has 0 spiro atoms. The lowest BCUT2D eigenvalue weighted by atomic mass is 9.90. The molecular formula is C20H22NO4+. The van der Waals surface area contributed by atoms with E-state index in [0.717, 1.165) is 42.1 Å². The fourth-order valence-corrected chi connectivity index (χ4v) is 3.90. The van der Waals surface area contributed by atoms with Crippen LogP contribution in [0.5, 0.6) is 23.0 Å². The molecule has 0 saturated carbocycles. The van der Waals surface area contributed by atoms with E-state index >= 15 is 0 Å². The molecule has 2 N–H and O–H groups in total. The summed E-state index contributed by atoms with van der Waals surface area (Å²) in [6, 6.07) is 7.78. The van der Waals surface area contributed by atoms with Crippen LogP contribution in [0.3, 0.4) is 0 Å². The number of hydrogen-bond acceptors (Lipinski definition) is 4. The van der Waals surface area contributed by atoms with Crippen LogP contribution in [-0.2, 0) is 13.0 Å². The van der Waals surface area contributed by atoms with Gasteiger partial charge in [0.1, 0.15) is 12.2 Å². The lowest BCUT2D eigenvalue weighted by Gasteiger charge is -2.32. The predicted molar refractivity (Wildman–Crippen MR) is 95.3 cm³/mol. The molecule has 2 aromatic carbocycles. The van der Waals surface area contributed by atoms with Gasteiger partial charge in [-0.25, -0.2) is 0 Å². The highest BCUT2D eigenvalue weighted by Gasteiger charge is 2.33. The zero-order valence-corrected chi connectivity index (χ0v) is 14.7. The minimum absolute atomic E-state index is 0.182. The monoisotopic (exact) mass is 340 g/mol. The van der Waals surface area contributed by atoms with Crippen LogP contribution in [0.25, 0.3) is 11.8 Å². The fraction of sp³-hybridized carbons (Fsp3) is 0.300. The number of benzene rings is 2. The molecule has 0 bridgehead atoms. The second kappa shape index (κ2) is 6.01. The molecule has 4 rings (SSSR count). The molecule has 2 aliphatic rings. The molecule has 0 aromatic heterocycles. The van der Waals surface area contributed by atoms with Gasteiger partial charge in [0.25, 0.3) is 0 Å². The summed E-state index contributed by atoms with van der Waals surface area (Å²) in [5, 5.41) is 10.2. The minimum Gasteiger partial charge on any atom is -0.504 e. The predicted octanol–water partition coefficient (Wildman–Crippen LogP) is 1.87. The summed E-state index contributed by atoms with van der Waals surface area (Å²) >= 11 is 0. The molecule has 5 heteroatoms. The van der Waals surface area contributed by atoms with E-state index in [9.17, 15) is 5.11 Å². The van der Waals surface area contributed by atoms with Gasteiger partial charge in [-0.1, -0.05) is 6.07 Å². The zero-order valence-electron chi connectivity index (χ0n) is 14.7. The van der Waals surface area contributed by atoms with E-state index in [1.807, 2.05) is 18.2 Å². The van der Waals surface area contributed by atoms with Crippen LogP contribution in [0, 0.1) is 0 Å². The van der Waals surface area contributed by atoms with Crippen molar-refractivity contribution >= 4 is 11.8 Å². The fourth-order valence-electron chi connectivity index (χ4n) is 3.90. The highest BCUT2D eigenvalue weighted by molar-refractivity contribution is 5.82. The standard InChI is InChI=1S/C20H21NO4/c1-23-18-5-4-12-8-16-14-10-17(22)19(24-2)9-13(14)6-7-21(16)11-15(12)20(18)25-3/h4-5,8-10,22H,6-7,11H2,1-3H3/p+1. The van der Waals surface area contributed by atoms with E-state index in [0.29, 0.717) is 5.75 Å². The Balaban J connectivity index is 1.86. The van der Waals surface area contributed by atoms with E-state index < -0.39 is 0 Å². The molecule has 0 saturated heterocycles.